The van der Waals surface area contributed by atoms with Crippen molar-refractivity contribution < 1.29 is 19.1 Å². The Morgan fingerprint density at radius 3 is 2.17 bits per heavy atom. The summed E-state index contributed by atoms with van der Waals surface area (Å²) in [5.74, 6) is 0.897. The molecular formula is C35H51N3O4. The topological polar surface area (TPSA) is 87.7 Å². The van der Waals surface area contributed by atoms with Gasteiger partial charge in [-0.1, -0.05) is 88.4 Å². The Morgan fingerprint density at radius 2 is 1.55 bits per heavy atom. The minimum Gasteiger partial charge on any atom is -0.445 e. The fourth-order valence-corrected chi connectivity index (χ4v) is 5.90. The highest BCUT2D eigenvalue weighted by Gasteiger charge is 2.29. The first kappa shape index (κ1) is 33.2. The second-order valence-corrected chi connectivity index (χ2v) is 13.1. The number of unbranched alkanes of at least 4 members (excludes halogenated alkanes) is 1. The second-order valence-electron chi connectivity index (χ2n) is 13.1. The number of benzene rings is 2. The molecule has 7 nitrogen and oxygen atoms in total. The third kappa shape index (κ3) is 12.7. The first-order valence-electron chi connectivity index (χ1n) is 15.7. The lowest BCUT2D eigenvalue weighted by atomic mass is 9.84. The fourth-order valence-electron chi connectivity index (χ4n) is 5.90. The number of amides is 3. The first-order valence-corrected chi connectivity index (χ1v) is 15.7. The molecular weight excluding hydrogens is 526 g/mol. The summed E-state index contributed by atoms with van der Waals surface area (Å²) < 4.78 is 5.43. The van der Waals surface area contributed by atoms with E-state index in [4.69, 9.17) is 4.74 Å². The SMILES string of the molecule is C[C@@H](CC(=O)NCCCC[C@@H](NC(=O)OCc1ccccc1)C(=O)N1CCC(Cc2ccccc2)CC1)CC(C)(C)C. The molecule has 0 radical (unpaired) electrons. The third-order valence-electron chi connectivity index (χ3n) is 7.83. The first-order chi connectivity index (χ1) is 20.1. The minimum absolute atomic E-state index is 0.0511. The minimum atomic E-state index is -0.651. The second kappa shape index (κ2) is 16.9. The van der Waals surface area contributed by atoms with E-state index in [2.05, 4.69) is 62.6 Å². The van der Waals surface area contributed by atoms with Gasteiger partial charge in [-0.05, 0) is 73.3 Å². The van der Waals surface area contributed by atoms with E-state index >= 15 is 0 Å². The van der Waals surface area contributed by atoms with Crippen molar-refractivity contribution in [1.29, 1.82) is 0 Å². The van der Waals surface area contributed by atoms with Crippen molar-refractivity contribution in [3.05, 3.63) is 71.8 Å². The van der Waals surface area contributed by atoms with Crippen molar-refractivity contribution in [2.45, 2.75) is 91.7 Å². The molecule has 0 saturated carbocycles. The van der Waals surface area contributed by atoms with Crippen LogP contribution in [0.25, 0.3) is 0 Å². The van der Waals surface area contributed by atoms with Crippen LogP contribution in [0.3, 0.4) is 0 Å². The third-order valence-corrected chi connectivity index (χ3v) is 7.83. The lowest BCUT2D eigenvalue weighted by Gasteiger charge is -2.34. The zero-order valence-electron chi connectivity index (χ0n) is 26.1. The van der Waals surface area contributed by atoms with Gasteiger partial charge < -0.3 is 20.3 Å². The van der Waals surface area contributed by atoms with Crippen molar-refractivity contribution in [2.24, 2.45) is 17.3 Å². The predicted octanol–water partition coefficient (Wildman–Crippen LogP) is 6.51. The maximum atomic E-state index is 13.6. The van der Waals surface area contributed by atoms with Crippen LogP contribution in [0.4, 0.5) is 4.79 Å². The molecule has 0 bridgehead atoms. The summed E-state index contributed by atoms with van der Waals surface area (Å²) in [6.45, 7) is 10.8. The van der Waals surface area contributed by atoms with Crippen LogP contribution in [0, 0.1) is 17.3 Å². The fraction of sp³-hybridized carbons (Fsp3) is 0.571. The van der Waals surface area contributed by atoms with Gasteiger partial charge in [-0.25, -0.2) is 4.79 Å². The van der Waals surface area contributed by atoms with Crippen LogP contribution in [0.2, 0.25) is 0 Å². The summed E-state index contributed by atoms with van der Waals surface area (Å²) in [5.41, 5.74) is 2.43. The number of nitrogens with zero attached hydrogens (tertiary/aromatic N) is 1. The molecule has 2 atom stereocenters. The monoisotopic (exact) mass is 577 g/mol. The van der Waals surface area contributed by atoms with E-state index in [1.54, 1.807) is 0 Å². The summed E-state index contributed by atoms with van der Waals surface area (Å²) in [6, 6.07) is 19.3. The number of hydrogen-bond acceptors (Lipinski definition) is 4. The lowest BCUT2D eigenvalue weighted by Crippen LogP contribution is -2.51. The van der Waals surface area contributed by atoms with Crippen molar-refractivity contribution in [1.82, 2.24) is 15.5 Å². The Balaban J connectivity index is 1.47. The number of nitrogens with one attached hydrogen (secondary N) is 2. The van der Waals surface area contributed by atoms with Gasteiger partial charge in [0.1, 0.15) is 12.6 Å². The zero-order chi connectivity index (χ0) is 30.4. The van der Waals surface area contributed by atoms with Crippen LogP contribution in [-0.2, 0) is 27.4 Å². The molecule has 0 spiro atoms. The summed E-state index contributed by atoms with van der Waals surface area (Å²) in [5, 5.41) is 5.87. The average Bonchev–Trinajstić information content (AvgIpc) is 2.95. The van der Waals surface area contributed by atoms with Crippen molar-refractivity contribution in [3.63, 3.8) is 0 Å². The maximum Gasteiger partial charge on any atom is 0.408 e. The Hall–Kier alpha value is -3.35. The molecule has 0 aromatic heterocycles. The highest BCUT2D eigenvalue weighted by Crippen LogP contribution is 2.26. The number of rotatable bonds is 14. The Morgan fingerprint density at radius 1 is 0.929 bits per heavy atom. The molecule has 3 rings (SSSR count). The van der Waals surface area contributed by atoms with Gasteiger partial charge in [0.05, 0.1) is 0 Å². The predicted molar refractivity (Wildman–Crippen MR) is 168 cm³/mol. The Kier molecular flexibility index (Phi) is 13.4. The molecule has 2 aromatic rings. The Labute approximate surface area is 252 Å². The van der Waals surface area contributed by atoms with Crippen molar-refractivity contribution in [2.75, 3.05) is 19.6 Å². The van der Waals surface area contributed by atoms with E-state index in [0.717, 1.165) is 37.7 Å². The van der Waals surface area contributed by atoms with Gasteiger partial charge in [-0.15, -0.1) is 0 Å². The number of carbonyl (C=O) groups is 3. The molecule has 42 heavy (non-hydrogen) atoms. The summed E-state index contributed by atoms with van der Waals surface area (Å²) in [7, 11) is 0. The molecule has 2 N–H and O–H groups in total. The van der Waals surface area contributed by atoms with Gasteiger partial charge >= 0.3 is 6.09 Å². The summed E-state index contributed by atoms with van der Waals surface area (Å²) in [6.07, 6.45) is 5.80. The normalized spacial score (nSPS) is 15.5. The van der Waals surface area contributed by atoms with E-state index < -0.39 is 12.1 Å². The number of hydrogen-bond donors (Lipinski definition) is 2. The highest BCUT2D eigenvalue weighted by atomic mass is 16.5. The van der Waals surface area contributed by atoms with Gasteiger partial charge in [0, 0.05) is 26.1 Å². The van der Waals surface area contributed by atoms with Crippen molar-refractivity contribution in [3.8, 4) is 0 Å². The van der Waals surface area contributed by atoms with E-state index in [0.29, 0.717) is 50.7 Å². The summed E-state index contributed by atoms with van der Waals surface area (Å²) in [4.78, 5) is 40.5. The van der Waals surface area contributed by atoms with Crippen LogP contribution in [0.5, 0.6) is 0 Å². The smallest absolute Gasteiger partial charge is 0.408 e. The molecule has 1 heterocycles. The van der Waals surface area contributed by atoms with Crippen LogP contribution in [0.15, 0.2) is 60.7 Å². The van der Waals surface area contributed by atoms with Crippen LogP contribution in [-0.4, -0.2) is 48.5 Å². The van der Waals surface area contributed by atoms with E-state index in [1.807, 2.05) is 41.3 Å². The van der Waals surface area contributed by atoms with Gasteiger partial charge in [-0.2, -0.15) is 0 Å². The molecule has 0 unspecified atom stereocenters. The maximum absolute atomic E-state index is 13.6. The molecule has 1 saturated heterocycles. The van der Waals surface area contributed by atoms with Gasteiger partial charge in [-0.3, -0.25) is 9.59 Å². The van der Waals surface area contributed by atoms with E-state index in [1.165, 1.54) is 5.56 Å². The standard InChI is InChI=1S/C35H51N3O4/c1-27(25-35(2,3)4)23-32(39)36-20-12-11-17-31(37-34(41)42-26-30-15-9-6-10-16-30)33(40)38-21-18-29(19-22-38)24-28-13-7-5-8-14-28/h5-10,13-16,27,29,31H,11-12,17-26H2,1-4H3,(H,36,39)(H,37,41)/t27-,31+/m0/s1. The number of carbonyl (C=O) groups excluding carboxylic acids is 3. The van der Waals surface area contributed by atoms with Gasteiger partial charge in [0.15, 0.2) is 0 Å². The molecule has 1 aliphatic heterocycles. The average molecular weight is 578 g/mol. The molecule has 1 aliphatic rings. The Bertz CT molecular complexity index is 1090. The van der Waals surface area contributed by atoms with Crippen LogP contribution < -0.4 is 10.6 Å². The van der Waals surface area contributed by atoms with Gasteiger partial charge in [0.2, 0.25) is 11.8 Å². The molecule has 230 valence electrons. The lowest BCUT2D eigenvalue weighted by molar-refractivity contribution is -0.135. The molecule has 7 heteroatoms. The number of alkyl carbamates (subject to hydrolysis) is 1. The molecule has 3 amide bonds. The molecule has 2 aromatic carbocycles. The molecule has 0 aliphatic carbocycles. The van der Waals surface area contributed by atoms with E-state index in [9.17, 15) is 14.4 Å². The van der Waals surface area contributed by atoms with Crippen molar-refractivity contribution >= 4 is 17.9 Å². The molecule has 1 fully saturated rings. The van der Waals surface area contributed by atoms with E-state index in [-0.39, 0.29) is 23.8 Å². The largest absolute Gasteiger partial charge is 0.445 e. The van der Waals surface area contributed by atoms with Crippen LogP contribution >= 0.6 is 0 Å². The highest BCUT2D eigenvalue weighted by molar-refractivity contribution is 5.85. The van der Waals surface area contributed by atoms with Gasteiger partial charge in [0.25, 0.3) is 0 Å². The van der Waals surface area contributed by atoms with Crippen LogP contribution in [0.1, 0.15) is 83.8 Å². The zero-order valence-corrected chi connectivity index (χ0v) is 26.1. The number of piperidine rings is 1. The quantitative estimate of drug-likeness (QED) is 0.251. The number of likely N-dealkylation sites (tertiary alicyclic amines) is 1. The number of ether oxygens (including phenoxy) is 1. The summed E-state index contributed by atoms with van der Waals surface area (Å²) >= 11 is 0.